The van der Waals surface area contributed by atoms with Gasteiger partial charge < -0.3 is 25.4 Å². The standard InChI is InChI=1S/C24H30N8O/c1-15-8-6-9-17-14-25-23(30-21(15)17)28-18-12-19-22(27-16(2)26-19)20(13-18)29-24(33)32(5)11-7-10-31(3)4/h6,8-9,12-14H,7,10-11H2,1-5H3,(H,26,27)(H,29,33)(H,25,28,30). The maximum Gasteiger partial charge on any atom is 0.321 e. The van der Waals surface area contributed by atoms with E-state index in [1.165, 1.54) is 0 Å². The van der Waals surface area contributed by atoms with E-state index in [2.05, 4.69) is 35.5 Å². The minimum Gasteiger partial charge on any atom is -0.342 e. The number of imidazole rings is 1. The Labute approximate surface area is 193 Å². The highest BCUT2D eigenvalue weighted by Crippen LogP contribution is 2.28. The Balaban J connectivity index is 1.59. The third-order valence-corrected chi connectivity index (χ3v) is 5.46. The third kappa shape index (κ3) is 5.20. The molecule has 0 aliphatic heterocycles. The quantitative estimate of drug-likeness (QED) is 0.392. The number of carbonyl (C=O) groups excluding carboxylic acids is 1. The molecule has 2 heterocycles. The largest absolute Gasteiger partial charge is 0.342 e. The minimum absolute atomic E-state index is 0.176. The number of aromatic nitrogens is 4. The van der Waals surface area contributed by atoms with Crippen molar-refractivity contribution in [3.63, 3.8) is 0 Å². The van der Waals surface area contributed by atoms with Gasteiger partial charge in [-0.15, -0.1) is 0 Å². The number of fused-ring (bicyclic) bond motifs is 2. The normalized spacial score (nSPS) is 11.3. The number of benzene rings is 2. The van der Waals surface area contributed by atoms with Gasteiger partial charge in [-0.25, -0.2) is 19.7 Å². The van der Waals surface area contributed by atoms with Crippen molar-refractivity contribution in [1.82, 2.24) is 29.7 Å². The van der Waals surface area contributed by atoms with E-state index in [1.807, 2.05) is 64.5 Å². The number of hydrogen-bond acceptors (Lipinski definition) is 6. The molecule has 4 aromatic rings. The summed E-state index contributed by atoms with van der Waals surface area (Å²) in [4.78, 5) is 33.5. The summed E-state index contributed by atoms with van der Waals surface area (Å²) < 4.78 is 0. The molecule has 2 aromatic heterocycles. The number of carbonyl (C=O) groups is 1. The average Bonchev–Trinajstić information content (AvgIpc) is 3.14. The molecule has 0 saturated carbocycles. The summed E-state index contributed by atoms with van der Waals surface area (Å²) in [6.45, 7) is 5.50. The van der Waals surface area contributed by atoms with Crippen LogP contribution in [-0.4, -0.2) is 70.0 Å². The van der Waals surface area contributed by atoms with E-state index in [-0.39, 0.29) is 6.03 Å². The molecule has 0 bridgehead atoms. The zero-order valence-electron chi connectivity index (χ0n) is 19.7. The fourth-order valence-corrected chi connectivity index (χ4v) is 3.74. The first-order chi connectivity index (χ1) is 15.8. The fourth-order valence-electron chi connectivity index (χ4n) is 3.74. The highest BCUT2D eigenvalue weighted by atomic mass is 16.2. The first-order valence-electron chi connectivity index (χ1n) is 11.0. The molecule has 4 rings (SSSR count). The average molecular weight is 447 g/mol. The monoisotopic (exact) mass is 446 g/mol. The van der Waals surface area contributed by atoms with Crippen LogP contribution in [0, 0.1) is 13.8 Å². The van der Waals surface area contributed by atoms with Gasteiger partial charge in [0.05, 0.1) is 16.7 Å². The predicted molar refractivity (Wildman–Crippen MR) is 133 cm³/mol. The van der Waals surface area contributed by atoms with Crippen molar-refractivity contribution >= 4 is 45.3 Å². The molecule has 2 amide bonds. The van der Waals surface area contributed by atoms with Crippen LogP contribution in [0.15, 0.2) is 36.5 Å². The minimum atomic E-state index is -0.176. The van der Waals surface area contributed by atoms with Gasteiger partial charge >= 0.3 is 6.03 Å². The Kier molecular flexibility index (Phi) is 6.41. The first kappa shape index (κ1) is 22.5. The molecular formula is C24H30N8O. The molecular weight excluding hydrogens is 416 g/mol. The van der Waals surface area contributed by atoms with Gasteiger partial charge in [0.2, 0.25) is 5.95 Å². The van der Waals surface area contributed by atoms with Gasteiger partial charge in [-0.05, 0) is 58.6 Å². The van der Waals surface area contributed by atoms with Gasteiger partial charge in [-0.1, -0.05) is 18.2 Å². The molecule has 172 valence electrons. The predicted octanol–water partition coefficient (Wildman–Crippen LogP) is 4.28. The summed E-state index contributed by atoms with van der Waals surface area (Å²) >= 11 is 0. The van der Waals surface area contributed by atoms with Crippen LogP contribution < -0.4 is 10.6 Å². The van der Waals surface area contributed by atoms with Crippen molar-refractivity contribution < 1.29 is 4.79 Å². The van der Waals surface area contributed by atoms with E-state index in [4.69, 9.17) is 0 Å². The zero-order chi connectivity index (χ0) is 23.5. The Bertz CT molecular complexity index is 1300. The smallest absolute Gasteiger partial charge is 0.321 e. The Morgan fingerprint density at radius 1 is 1.06 bits per heavy atom. The van der Waals surface area contributed by atoms with Crippen LogP contribution in [0.25, 0.3) is 21.9 Å². The number of urea groups is 1. The molecule has 0 fully saturated rings. The van der Waals surface area contributed by atoms with Crippen molar-refractivity contribution in [2.24, 2.45) is 0 Å². The van der Waals surface area contributed by atoms with Crippen molar-refractivity contribution in [3.8, 4) is 0 Å². The number of nitrogens with zero attached hydrogens (tertiary/aromatic N) is 5. The molecule has 0 spiro atoms. The molecule has 33 heavy (non-hydrogen) atoms. The SMILES string of the molecule is Cc1nc2c(NC(=O)N(C)CCCN(C)C)cc(Nc3ncc4cccc(C)c4n3)cc2[nH]1. The summed E-state index contributed by atoms with van der Waals surface area (Å²) in [5.74, 6) is 1.26. The summed E-state index contributed by atoms with van der Waals surface area (Å²) in [7, 11) is 5.84. The highest BCUT2D eigenvalue weighted by molar-refractivity contribution is 6.00. The van der Waals surface area contributed by atoms with Crippen LogP contribution in [-0.2, 0) is 0 Å². The fraction of sp³-hybridized carbons (Fsp3) is 0.333. The van der Waals surface area contributed by atoms with Gasteiger partial charge in [0.25, 0.3) is 0 Å². The number of rotatable bonds is 7. The maximum atomic E-state index is 12.8. The molecule has 9 nitrogen and oxygen atoms in total. The highest BCUT2D eigenvalue weighted by Gasteiger charge is 2.15. The molecule has 2 aromatic carbocycles. The number of hydrogen-bond donors (Lipinski definition) is 3. The first-order valence-corrected chi connectivity index (χ1v) is 11.0. The lowest BCUT2D eigenvalue weighted by Gasteiger charge is -2.19. The van der Waals surface area contributed by atoms with Crippen LogP contribution in [0.4, 0.5) is 22.1 Å². The molecule has 0 atom stereocenters. The van der Waals surface area contributed by atoms with Crippen molar-refractivity contribution in [1.29, 1.82) is 0 Å². The van der Waals surface area contributed by atoms with E-state index in [1.54, 1.807) is 11.9 Å². The third-order valence-electron chi connectivity index (χ3n) is 5.46. The summed E-state index contributed by atoms with van der Waals surface area (Å²) in [6.07, 6.45) is 2.70. The van der Waals surface area contributed by atoms with Crippen molar-refractivity contribution in [3.05, 3.63) is 47.9 Å². The molecule has 0 saturated heterocycles. The number of para-hydroxylation sites is 1. The lowest BCUT2D eigenvalue weighted by atomic mass is 10.1. The summed E-state index contributed by atoms with van der Waals surface area (Å²) in [5, 5.41) is 7.28. The van der Waals surface area contributed by atoms with Gasteiger partial charge in [0.15, 0.2) is 0 Å². The van der Waals surface area contributed by atoms with Gasteiger partial charge in [0, 0.05) is 30.9 Å². The van der Waals surface area contributed by atoms with Crippen LogP contribution in [0.2, 0.25) is 0 Å². The van der Waals surface area contributed by atoms with Gasteiger partial charge in [-0.2, -0.15) is 0 Å². The zero-order valence-corrected chi connectivity index (χ0v) is 19.7. The van der Waals surface area contributed by atoms with E-state index >= 15 is 0 Å². The summed E-state index contributed by atoms with van der Waals surface area (Å²) in [5.41, 5.74) is 4.90. The molecule has 9 heteroatoms. The van der Waals surface area contributed by atoms with Crippen molar-refractivity contribution in [2.75, 3.05) is 44.9 Å². The van der Waals surface area contributed by atoms with Crippen molar-refractivity contribution in [2.45, 2.75) is 20.3 Å². The molecule has 0 aliphatic carbocycles. The molecule has 0 aliphatic rings. The molecule has 0 radical (unpaired) electrons. The van der Waals surface area contributed by atoms with Crippen LogP contribution in [0.1, 0.15) is 17.8 Å². The number of anilines is 3. The van der Waals surface area contributed by atoms with Gasteiger partial charge in [0.1, 0.15) is 11.3 Å². The topological polar surface area (TPSA) is 102 Å². The lowest BCUT2D eigenvalue weighted by Crippen LogP contribution is -2.33. The maximum absolute atomic E-state index is 12.8. The van der Waals surface area contributed by atoms with Gasteiger partial charge in [-0.3, -0.25) is 0 Å². The number of aromatic amines is 1. The molecule has 3 N–H and O–H groups in total. The van der Waals surface area contributed by atoms with Crippen LogP contribution in [0.5, 0.6) is 0 Å². The van der Waals surface area contributed by atoms with Crippen LogP contribution >= 0.6 is 0 Å². The summed E-state index contributed by atoms with van der Waals surface area (Å²) in [6, 6.07) is 9.65. The van der Waals surface area contributed by atoms with E-state index in [9.17, 15) is 4.79 Å². The lowest BCUT2D eigenvalue weighted by molar-refractivity contribution is 0.220. The van der Waals surface area contributed by atoms with E-state index in [0.29, 0.717) is 23.7 Å². The van der Waals surface area contributed by atoms with Crippen LogP contribution in [0.3, 0.4) is 0 Å². The number of amides is 2. The second kappa shape index (κ2) is 9.41. The molecule has 0 unspecified atom stereocenters. The number of aryl methyl sites for hydroxylation is 2. The second-order valence-corrected chi connectivity index (χ2v) is 8.58. The van der Waals surface area contributed by atoms with E-state index in [0.717, 1.165) is 46.5 Å². The second-order valence-electron chi connectivity index (χ2n) is 8.58. The number of H-pyrrole nitrogens is 1. The Morgan fingerprint density at radius 3 is 2.67 bits per heavy atom. The Morgan fingerprint density at radius 2 is 1.88 bits per heavy atom. The number of nitrogens with one attached hydrogen (secondary N) is 3. The Hall–Kier alpha value is -3.72. The van der Waals surface area contributed by atoms with E-state index < -0.39 is 0 Å².